The summed E-state index contributed by atoms with van der Waals surface area (Å²) in [6.07, 6.45) is 6.49. The predicted octanol–water partition coefficient (Wildman–Crippen LogP) is 4.22. The van der Waals surface area contributed by atoms with Gasteiger partial charge < -0.3 is 5.32 Å². The van der Waals surface area contributed by atoms with Gasteiger partial charge in [0.15, 0.2) is 0 Å². The molecule has 1 saturated heterocycles. The van der Waals surface area contributed by atoms with E-state index in [1.165, 1.54) is 0 Å². The number of fused-ring (bicyclic) bond motifs is 1. The van der Waals surface area contributed by atoms with Gasteiger partial charge in [0.2, 0.25) is 0 Å². The summed E-state index contributed by atoms with van der Waals surface area (Å²) in [5, 5.41) is 14.5. The average molecular weight is 478 g/mol. The summed E-state index contributed by atoms with van der Waals surface area (Å²) in [4.78, 5) is 12.7. The lowest BCUT2D eigenvalue weighted by atomic mass is 9.92. The van der Waals surface area contributed by atoms with E-state index in [9.17, 15) is 4.79 Å². The quantitative estimate of drug-likeness (QED) is 0.490. The maximum Gasteiger partial charge on any atom is 0.251 e. The molecule has 0 aromatic heterocycles. The number of rotatable bonds is 4. The fourth-order valence-corrected chi connectivity index (χ4v) is 5.74. The van der Waals surface area contributed by atoms with Crippen LogP contribution in [0.25, 0.3) is 0 Å². The Kier molecular flexibility index (Phi) is 6.96. The highest BCUT2D eigenvalue weighted by Gasteiger charge is 2.39. The molecule has 5 atom stereocenters. The lowest BCUT2D eigenvalue weighted by molar-refractivity contribution is -0.113. The summed E-state index contributed by atoms with van der Waals surface area (Å²) in [5.74, 6) is -0.131. The molecule has 2 fully saturated rings. The Labute approximate surface area is 190 Å². The van der Waals surface area contributed by atoms with Gasteiger partial charge in [0.1, 0.15) is 6.29 Å². The van der Waals surface area contributed by atoms with Gasteiger partial charge in [-0.2, -0.15) is 0 Å². The van der Waals surface area contributed by atoms with E-state index in [0.717, 1.165) is 31.3 Å². The summed E-state index contributed by atoms with van der Waals surface area (Å²) in [6, 6.07) is 5.38. The topological polar surface area (TPSA) is 65.2 Å². The third kappa shape index (κ3) is 5.21. The second-order valence-corrected chi connectivity index (χ2v) is 9.89. The van der Waals surface area contributed by atoms with E-state index in [-0.39, 0.29) is 41.1 Å². The van der Waals surface area contributed by atoms with Gasteiger partial charge in [-0.3, -0.25) is 20.7 Å². The van der Waals surface area contributed by atoms with Crippen molar-refractivity contribution < 1.29 is 4.79 Å². The number of halogens is 4. The summed E-state index contributed by atoms with van der Waals surface area (Å²) in [7, 11) is 0. The Balaban J connectivity index is 1.38. The van der Waals surface area contributed by atoms with E-state index in [1.54, 1.807) is 18.2 Å². The smallest absolute Gasteiger partial charge is 0.251 e. The molecule has 4 N–H and O–H groups in total. The van der Waals surface area contributed by atoms with Gasteiger partial charge in [0, 0.05) is 39.4 Å². The second kappa shape index (κ2) is 9.31. The number of hydrogen-bond donors (Lipinski definition) is 4. The van der Waals surface area contributed by atoms with Crippen LogP contribution in [0, 0.1) is 0 Å². The Bertz CT molecular complexity index is 774. The van der Waals surface area contributed by atoms with Gasteiger partial charge in [0.05, 0.1) is 10.8 Å². The lowest BCUT2D eigenvalue weighted by Crippen LogP contribution is -2.57. The first-order valence-corrected chi connectivity index (χ1v) is 11.6. The minimum atomic E-state index is -0.131. The number of carbonyl (C=O) groups is 1. The molecule has 3 aliphatic rings. The molecule has 5 nitrogen and oxygen atoms in total. The first-order valence-electron chi connectivity index (χ1n) is 9.93. The van der Waals surface area contributed by atoms with Crippen molar-refractivity contribution in [3.8, 4) is 0 Å². The number of carbonyl (C=O) groups excluding carboxylic acids is 1. The molecule has 1 amide bonds. The van der Waals surface area contributed by atoms with Gasteiger partial charge in [-0.25, -0.2) is 0 Å². The normalized spacial score (nSPS) is 34.4. The van der Waals surface area contributed by atoms with Crippen molar-refractivity contribution >= 4 is 58.0 Å². The third-order valence-electron chi connectivity index (χ3n) is 5.79. The van der Waals surface area contributed by atoms with Crippen molar-refractivity contribution in [1.82, 2.24) is 16.0 Å². The van der Waals surface area contributed by atoms with Crippen LogP contribution in [0.3, 0.4) is 0 Å². The average Bonchev–Trinajstić information content (AvgIpc) is 3.05. The number of anilines is 1. The fraction of sp³-hybridized carbons (Fsp3) is 0.550. The number of nitrogens with one attached hydrogen (secondary N) is 4. The Morgan fingerprint density at radius 3 is 2.38 bits per heavy atom. The van der Waals surface area contributed by atoms with E-state index in [4.69, 9.17) is 46.4 Å². The molecule has 0 bridgehead atoms. The van der Waals surface area contributed by atoms with Crippen LogP contribution in [-0.2, 0) is 4.79 Å². The summed E-state index contributed by atoms with van der Waals surface area (Å²) >= 11 is 25.0. The van der Waals surface area contributed by atoms with Gasteiger partial charge in [-0.1, -0.05) is 35.7 Å². The number of alkyl halides is 2. The molecule has 1 heterocycles. The van der Waals surface area contributed by atoms with Crippen molar-refractivity contribution in [1.29, 1.82) is 0 Å². The highest BCUT2D eigenvalue weighted by atomic mass is 35.5. The molecule has 2 aliphatic carbocycles. The van der Waals surface area contributed by atoms with E-state index >= 15 is 0 Å². The molecule has 9 heteroatoms. The Hall–Kier alpha value is -0.530. The zero-order valence-corrected chi connectivity index (χ0v) is 18.8. The van der Waals surface area contributed by atoms with Crippen LogP contribution in [-0.4, -0.2) is 41.1 Å². The van der Waals surface area contributed by atoms with Gasteiger partial charge in [0.25, 0.3) is 5.91 Å². The van der Waals surface area contributed by atoms with Crippen LogP contribution in [0.1, 0.15) is 32.1 Å². The van der Waals surface area contributed by atoms with Gasteiger partial charge in [-0.15, -0.1) is 23.2 Å². The minimum absolute atomic E-state index is 0.0267. The van der Waals surface area contributed by atoms with Crippen molar-refractivity contribution in [2.45, 2.75) is 67.3 Å². The van der Waals surface area contributed by atoms with Gasteiger partial charge >= 0.3 is 0 Å². The maximum atomic E-state index is 12.7. The first-order chi connectivity index (χ1) is 13.9. The van der Waals surface area contributed by atoms with E-state index in [0.29, 0.717) is 22.2 Å². The molecule has 158 valence electrons. The van der Waals surface area contributed by atoms with Crippen molar-refractivity contribution in [2.75, 3.05) is 5.32 Å². The number of hydrogen-bond acceptors (Lipinski definition) is 4. The van der Waals surface area contributed by atoms with E-state index < -0.39 is 0 Å². The summed E-state index contributed by atoms with van der Waals surface area (Å²) in [5.41, 5.74) is 1.34. The lowest BCUT2D eigenvalue weighted by Gasteiger charge is -2.34. The molecule has 1 saturated carbocycles. The van der Waals surface area contributed by atoms with E-state index in [1.807, 2.05) is 6.08 Å². The molecule has 1 aliphatic heterocycles. The maximum absolute atomic E-state index is 12.7. The van der Waals surface area contributed by atoms with Crippen molar-refractivity contribution in [2.24, 2.45) is 0 Å². The predicted molar refractivity (Wildman–Crippen MR) is 120 cm³/mol. The first kappa shape index (κ1) is 21.7. The minimum Gasteiger partial charge on any atom is -0.322 e. The fourth-order valence-electron chi connectivity index (χ4n) is 4.33. The molecule has 1 aromatic carbocycles. The highest BCUT2D eigenvalue weighted by Crippen LogP contribution is 2.29. The van der Waals surface area contributed by atoms with Crippen LogP contribution >= 0.6 is 46.4 Å². The zero-order valence-electron chi connectivity index (χ0n) is 15.7. The molecule has 5 unspecified atom stereocenters. The van der Waals surface area contributed by atoms with Crippen LogP contribution in [0.15, 0.2) is 29.8 Å². The van der Waals surface area contributed by atoms with Crippen LogP contribution in [0.4, 0.5) is 5.69 Å². The standard InChI is InChI=1S/C20H24Cl4N4O/c21-11-7-12(22)9-13(8-11)25-19(29)10-4-5-16-17(6-10)27-20(26-16)28-18-14(23)2-1-3-15(18)24/h6-9,14-18,20,26-28H,1-5H2,(H,25,29). The number of amides is 1. The van der Waals surface area contributed by atoms with Crippen LogP contribution in [0.2, 0.25) is 10.0 Å². The van der Waals surface area contributed by atoms with Crippen molar-refractivity contribution in [3.05, 3.63) is 39.9 Å². The molecule has 0 spiro atoms. The molecule has 0 radical (unpaired) electrons. The molecule has 1 aromatic rings. The molecular formula is C20H24Cl4N4O. The largest absolute Gasteiger partial charge is 0.322 e. The number of benzene rings is 1. The molecular weight excluding hydrogens is 454 g/mol. The molecule has 29 heavy (non-hydrogen) atoms. The highest BCUT2D eigenvalue weighted by molar-refractivity contribution is 6.35. The SMILES string of the molecule is O=C(Nc1cc(Cl)cc(Cl)c1)C1=CC2NC(NC3C(Cl)CCCC3Cl)NC2CC1. The van der Waals surface area contributed by atoms with Gasteiger partial charge in [-0.05, 0) is 43.9 Å². The Morgan fingerprint density at radius 2 is 1.69 bits per heavy atom. The summed E-state index contributed by atoms with van der Waals surface area (Å²) in [6.45, 7) is 0. The third-order valence-corrected chi connectivity index (χ3v) is 7.20. The van der Waals surface area contributed by atoms with Crippen LogP contribution in [0.5, 0.6) is 0 Å². The van der Waals surface area contributed by atoms with Crippen LogP contribution < -0.4 is 21.3 Å². The zero-order chi connectivity index (χ0) is 20.5. The molecule has 4 rings (SSSR count). The van der Waals surface area contributed by atoms with Crippen molar-refractivity contribution in [3.63, 3.8) is 0 Å². The Morgan fingerprint density at radius 1 is 1.00 bits per heavy atom. The second-order valence-electron chi connectivity index (χ2n) is 7.90. The van der Waals surface area contributed by atoms with E-state index in [2.05, 4.69) is 21.3 Å². The monoisotopic (exact) mass is 476 g/mol. The summed E-state index contributed by atoms with van der Waals surface area (Å²) < 4.78 is 0.